The van der Waals surface area contributed by atoms with Gasteiger partial charge < -0.3 is 15.2 Å². The fraction of sp³-hybridized carbons (Fsp3) is 0.250. The van der Waals surface area contributed by atoms with Gasteiger partial charge in [0.25, 0.3) is 5.89 Å². The van der Waals surface area contributed by atoms with E-state index in [1.165, 1.54) is 6.07 Å². The lowest BCUT2D eigenvalue weighted by Crippen LogP contribution is -2.39. The average Bonchev–Trinajstić information content (AvgIpc) is 3.35. The lowest BCUT2D eigenvalue weighted by atomic mass is 10.2. The van der Waals surface area contributed by atoms with Crippen LogP contribution in [0.3, 0.4) is 0 Å². The Morgan fingerprint density at radius 2 is 2.03 bits per heavy atom. The van der Waals surface area contributed by atoms with Crippen LogP contribution in [-0.2, 0) is 6.54 Å². The number of benzene rings is 2. The number of urea groups is 1. The highest BCUT2D eigenvalue weighted by Gasteiger charge is 2.25. The molecule has 1 unspecified atom stereocenters. The maximum atomic E-state index is 13.6. The molecule has 1 fully saturated rings. The van der Waals surface area contributed by atoms with E-state index < -0.39 is 17.7 Å². The van der Waals surface area contributed by atoms with E-state index in [1.54, 1.807) is 0 Å². The Morgan fingerprint density at radius 1 is 1.21 bits per heavy atom. The molecule has 1 aliphatic heterocycles. The molecule has 1 atom stereocenters. The number of likely N-dealkylation sites (tertiary alicyclic amines) is 1. The first-order valence-electron chi connectivity index (χ1n) is 9.20. The van der Waals surface area contributed by atoms with Crippen LogP contribution in [0.2, 0.25) is 0 Å². The Morgan fingerprint density at radius 3 is 2.83 bits per heavy atom. The summed E-state index contributed by atoms with van der Waals surface area (Å²) in [7, 11) is 0. The Hall–Kier alpha value is -3.33. The number of anilines is 1. The second kappa shape index (κ2) is 8.36. The number of rotatable bonds is 5. The molecular weight excluding hydrogens is 380 g/mol. The molecule has 0 saturated carbocycles. The molecule has 29 heavy (non-hydrogen) atoms. The fourth-order valence-electron chi connectivity index (χ4n) is 3.24. The summed E-state index contributed by atoms with van der Waals surface area (Å²) >= 11 is 0. The maximum Gasteiger partial charge on any atom is 0.319 e. The number of carbonyl (C=O) groups is 1. The molecular formula is C20H19F2N5O2. The molecule has 4 rings (SSSR count). The number of carbonyl (C=O) groups excluding carboxylic acids is 1. The monoisotopic (exact) mass is 399 g/mol. The molecule has 9 heteroatoms. The minimum atomic E-state index is -0.820. The van der Waals surface area contributed by atoms with Gasteiger partial charge in [0.15, 0.2) is 5.82 Å². The molecule has 150 valence electrons. The number of amides is 2. The average molecular weight is 399 g/mol. The van der Waals surface area contributed by atoms with Crippen LogP contribution in [-0.4, -0.2) is 40.2 Å². The van der Waals surface area contributed by atoms with E-state index in [2.05, 4.69) is 25.7 Å². The number of aromatic nitrogens is 2. The largest absolute Gasteiger partial charge is 0.334 e. The smallest absolute Gasteiger partial charge is 0.319 e. The van der Waals surface area contributed by atoms with Crippen LogP contribution >= 0.6 is 0 Å². The van der Waals surface area contributed by atoms with Crippen LogP contribution in [0.5, 0.6) is 0 Å². The minimum absolute atomic E-state index is 0.0704. The number of halogens is 2. The van der Waals surface area contributed by atoms with Gasteiger partial charge in [-0.1, -0.05) is 23.4 Å². The van der Waals surface area contributed by atoms with Crippen molar-refractivity contribution in [2.24, 2.45) is 0 Å². The molecule has 0 aliphatic carbocycles. The van der Waals surface area contributed by atoms with Crippen LogP contribution in [0.15, 0.2) is 53.1 Å². The van der Waals surface area contributed by atoms with Crippen molar-refractivity contribution in [3.05, 3.63) is 66.0 Å². The van der Waals surface area contributed by atoms with Crippen LogP contribution in [0.1, 0.15) is 12.2 Å². The van der Waals surface area contributed by atoms with Crippen LogP contribution in [0.25, 0.3) is 11.5 Å². The summed E-state index contributed by atoms with van der Waals surface area (Å²) in [5, 5.41) is 9.21. The van der Waals surface area contributed by atoms with Crippen LogP contribution in [0.4, 0.5) is 19.3 Å². The second-order valence-electron chi connectivity index (χ2n) is 6.83. The zero-order valence-corrected chi connectivity index (χ0v) is 15.4. The zero-order valence-electron chi connectivity index (χ0n) is 15.4. The molecule has 1 aliphatic rings. The highest BCUT2D eigenvalue weighted by Crippen LogP contribution is 2.19. The van der Waals surface area contributed by atoms with Crippen molar-refractivity contribution in [1.29, 1.82) is 0 Å². The highest BCUT2D eigenvalue weighted by atomic mass is 19.1. The summed E-state index contributed by atoms with van der Waals surface area (Å²) < 4.78 is 31.9. The molecule has 2 heterocycles. The van der Waals surface area contributed by atoms with Gasteiger partial charge in [0, 0.05) is 30.8 Å². The van der Waals surface area contributed by atoms with E-state index in [9.17, 15) is 13.6 Å². The van der Waals surface area contributed by atoms with E-state index in [-0.39, 0.29) is 11.7 Å². The Kier molecular flexibility index (Phi) is 5.48. The van der Waals surface area contributed by atoms with Crippen molar-refractivity contribution >= 4 is 11.7 Å². The normalized spacial score (nSPS) is 16.7. The molecule has 2 aromatic carbocycles. The Bertz CT molecular complexity index is 996. The molecule has 3 aromatic rings. The summed E-state index contributed by atoms with van der Waals surface area (Å²) in [6, 6.07) is 11.9. The lowest BCUT2D eigenvalue weighted by molar-refractivity contribution is 0.247. The second-order valence-corrected chi connectivity index (χ2v) is 6.83. The summed E-state index contributed by atoms with van der Waals surface area (Å²) in [4.78, 5) is 18.6. The van der Waals surface area contributed by atoms with E-state index >= 15 is 0 Å². The first-order chi connectivity index (χ1) is 14.1. The third-order valence-electron chi connectivity index (χ3n) is 4.64. The van der Waals surface area contributed by atoms with Crippen molar-refractivity contribution < 1.29 is 18.1 Å². The first-order valence-corrected chi connectivity index (χ1v) is 9.20. The predicted octanol–water partition coefficient (Wildman–Crippen LogP) is 3.41. The van der Waals surface area contributed by atoms with Crippen molar-refractivity contribution in [3.63, 3.8) is 0 Å². The summed E-state index contributed by atoms with van der Waals surface area (Å²) in [5.41, 5.74) is 0.788. The van der Waals surface area contributed by atoms with Gasteiger partial charge in [0.1, 0.15) is 11.6 Å². The molecule has 7 nitrogen and oxygen atoms in total. The van der Waals surface area contributed by atoms with Crippen molar-refractivity contribution in [2.75, 3.05) is 18.4 Å². The van der Waals surface area contributed by atoms with E-state index in [4.69, 9.17) is 4.52 Å². The van der Waals surface area contributed by atoms with Gasteiger partial charge in [-0.05, 0) is 30.7 Å². The Balaban J connectivity index is 1.28. The number of nitrogens with zero attached hydrogens (tertiary/aromatic N) is 3. The van der Waals surface area contributed by atoms with Gasteiger partial charge in [-0.25, -0.2) is 13.6 Å². The van der Waals surface area contributed by atoms with E-state index in [1.807, 2.05) is 30.3 Å². The van der Waals surface area contributed by atoms with Crippen LogP contribution < -0.4 is 10.6 Å². The number of hydrogen-bond acceptors (Lipinski definition) is 5. The van der Waals surface area contributed by atoms with Gasteiger partial charge in [0.05, 0.1) is 12.2 Å². The van der Waals surface area contributed by atoms with Crippen molar-refractivity contribution in [2.45, 2.75) is 19.0 Å². The molecule has 1 aromatic heterocycles. The van der Waals surface area contributed by atoms with Crippen molar-refractivity contribution in [3.8, 4) is 11.5 Å². The van der Waals surface area contributed by atoms with Gasteiger partial charge in [-0.2, -0.15) is 4.98 Å². The molecule has 0 spiro atoms. The van der Waals surface area contributed by atoms with Gasteiger partial charge in [-0.3, -0.25) is 4.90 Å². The minimum Gasteiger partial charge on any atom is -0.334 e. The van der Waals surface area contributed by atoms with Gasteiger partial charge in [-0.15, -0.1) is 0 Å². The molecule has 0 radical (unpaired) electrons. The van der Waals surface area contributed by atoms with Crippen molar-refractivity contribution in [1.82, 2.24) is 20.4 Å². The van der Waals surface area contributed by atoms with E-state index in [0.717, 1.165) is 30.7 Å². The van der Waals surface area contributed by atoms with Gasteiger partial charge >= 0.3 is 6.03 Å². The summed E-state index contributed by atoms with van der Waals surface area (Å²) in [6.07, 6.45) is 0.739. The molecule has 2 N–H and O–H groups in total. The SMILES string of the molecule is O=C(Nc1ccc(F)cc1F)NC1CCN(Cc2noc(-c3ccccc3)n2)C1. The van der Waals surface area contributed by atoms with Crippen LogP contribution in [0, 0.1) is 11.6 Å². The molecule has 1 saturated heterocycles. The summed E-state index contributed by atoms with van der Waals surface area (Å²) in [5.74, 6) is -0.478. The molecule has 2 amide bonds. The Labute approximate surface area is 165 Å². The third-order valence-corrected chi connectivity index (χ3v) is 4.64. The summed E-state index contributed by atoms with van der Waals surface area (Å²) in [6.45, 7) is 1.86. The first kappa shape index (κ1) is 19.0. The third kappa shape index (κ3) is 4.75. The topological polar surface area (TPSA) is 83.3 Å². The zero-order chi connectivity index (χ0) is 20.2. The van der Waals surface area contributed by atoms with E-state index in [0.29, 0.717) is 24.8 Å². The quantitative estimate of drug-likeness (QED) is 0.687. The fourth-order valence-corrected chi connectivity index (χ4v) is 3.24. The highest BCUT2D eigenvalue weighted by molar-refractivity contribution is 5.89. The number of nitrogens with one attached hydrogen (secondary N) is 2. The van der Waals surface area contributed by atoms with Gasteiger partial charge in [0.2, 0.25) is 0 Å². The molecule has 0 bridgehead atoms. The lowest BCUT2D eigenvalue weighted by Gasteiger charge is -2.15. The maximum absolute atomic E-state index is 13.6. The predicted molar refractivity (Wildman–Crippen MR) is 102 cm³/mol. The standard InChI is InChI=1S/C20H19F2N5O2/c21-14-6-7-17(16(22)10-14)24-20(28)23-15-8-9-27(11-15)12-18-25-19(29-26-18)13-4-2-1-3-5-13/h1-7,10,15H,8-9,11-12H2,(H2,23,24,28). The number of hydrogen-bond donors (Lipinski definition) is 2.